The molecule has 0 saturated heterocycles. The Balaban J connectivity index is 3.25. The summed E-state index contributed by atoms with van der Waals surface area (Å²) < 4.78 is 13.3. The topological polar surface area (TPSA) is 92.5 Å². The number of nitrogens with one attached hydrogen (secondary N) is 1. The van der Waals surface area contributed by atoms with Crippen molar-refractivity contribution in [2.45, 2.75) is 33.2 Å². The normalized spacial score (nSPS) is 12.1. The fraction of sp³-hybridized carbons (Fsp3) is 0.462. The molecule has 0 amide bonds. The third-order valence-corrected chi connectivity index (χ3v) is 3.70. The number of anilines is 1. The Morgan fingerprint density at radius 1 is 1.35 bits per heavy atom. The van der Waals surface area contributed by atoms with Crippen LogP contribution in [0.4, 0.5) is 15.8 Å². The predicted molar refractivity (Wildman–Crippen MR) is 72.2 cm³/mol. The molecule has 2 N–H and O–H groups in total. The molecule has 0 heterocycles. The Hall–Kier alpha value is -2.18. The van der Waals surface area contributed by atoms with Gasteiger partial charge < -0.3 is 10.4 Å². The van der Waals surface area contributed by atoms with Crippen molar-refractivity contribution in [1.82, 2.24) is 0 Å². The van der Waals surface area contributed by atoms with Gasteiger partial charge in [-0.2, -0.15) is 0 Å². The Kier molecular flexibility index (Phi) is 4.02. The molecule has 110 valence electrons. The van der Waals surface area contributed by atoms with Crippen LogP contribution in [0.2, 0.25) is 0 Å². The summed E-state index contributed by atoms with van der Waals surface area (Å²) in [6, 6.07) is 3.01. The van der Waals surface area contributed by atoms with E-state index in [2.05, 4.69) is 5.32 Å². The summed E-state index contributed by atoms with van der Waals surface area (Å²) in [6.45, 7) is 6.17. The van der Waals surface area contributed by atoms with Crippen LogP contribution >= 0.6 is 0 Å². The molecule has 0 aliphatic carbocycles. The van der Waals surface area contributed by atoms with Gasteiger partial charge in [-0.25, -0.2) is 4.39 Å². The molecule has 1 rings (SSSR count). The smallest absolute Gasteiger partial charge is 0.311 e. The van der Waals surface area contributed by atoms with E-state index in [0.29, 0.717) is 0 Å². The van der Waals surface area contributed by atoms with E-state index in [0.717, 1.165) is 18.2 Å². The lowest BCUT2D eigenvalue weighted by molar-refractivity contribution is -0.384. The zero-order chi connectivity index (χ0) is 15.7. The molecule has 1 aromatic rings. The van der Waals surface area contributed by atoms with Gasteiger partial charge in [0.05, 0.1) is 10.3 Å². The number of carboxylic acids is 1. The van der Waals surface area contributed by atoms with Crippen LogP contribution in [0.15, 0.2) is 18.2 Å². The zero-order valence-electron chi connectivity index (χ0n) is 11.7. The fourth-order valence-electron chi connectivity index (χ4n) is 1.53. The fourth-order valence-corrected chi connectivity index (χ4v) is 1.53. The van der Waals surface area contributed by atoms with Crippen molar-refractivity contribution in [1.29, 1.82) is 0 Å². The maximum Gasteiger partial charge on any atom is 0.311 e. The molecule has 0 aliphatic heterocycles. The van der Waals surface area contributed by atoms with Crippen molar-refractivity contribution in [3.63, 3.8) is 0 Å². The van der Waals surface area contributed by atoms with Crippen molar-refractivity contribution in [3.05, 3.63) is 34.1 Å². The van der Waals surface area contributed by atoms with Crippen LogP contribution in [0.25, 0.3) is 0 Å². The molecule has 6 nitrogen and oxygen atoms in total. The predicted octanol–water partition coefficient (Wildman–Crippen LogP) is 3.04. The Morgan fingerprint density at radius 3 is 2.35 bits per heavy atom. The van der Waals surface area contributed by atoms with E-state index in [4.69, 9.17) is 0 Å². The lowest BCUT2D eigenvalue weighted by atomic mass is 9.74. The highest BCUT2D eigenvalue weighted by atomic mass is 19.1. The second-order valence-corrected chi connectivity index (χ2v) is 5.60. The second kappa shape index (κ2) is 5.07. The zero-order valence-corrected chi connectivity index (χ0v) is 11.7. The Bertz CT molecular complexity index is 555. The summed E-state index contributed by atoms with van der Waals surface area (Å²) in [4.78, 5) is 21.6. The SMILES string of the molecule is CC(C)(Nc1cc(F)ccc1[N+](=O)[O-])C(C)(C)C(=O)O. The van der Waals surface area contributed by atoms with Crippen molar-refractivity contribution >= 4 is 17.3 Å². The molecule has 20 heavy (non-hydrogen) atoms. The van der Waals surface area contributed by atoms with Crippen LogP contribution < -0.4 is 5.32 Å². The minimum atomic E-state index is -1.22. The summed E-state index contributed by atoms with van der Waals surface area (Å²) in [5.41, 5.74) is -2.60. The van der Waals surface area contributed by atoms with Gasteiger partial charge in [0, 0.05) is 17.7 Å². The molecule has 0 atom stereocenters. The molecule has 1 aromatic carbocycles. The number of carbonyl (C=O) groups is 1. The Morgan fingerprint density at radius 2 is 1.90 bits per heavy atom. The number of nitrogens with zero attached hydrogens (tertiary/aromatic N) is 1. The summed E-state index contributed by atoms with van der Waals surface area (Å²) >= 11 is 0. The first-order chi connectivity index (χ1) is 8.99. The van der Waals surface area contributed by atoms with Crippen molar-refractivity contribution in [3.8, 4) is 0 Å². The van der Waals surface area contributed by atoms with Crippen LogP contribution in [0.1, 0.15) is 27.7 Å². The molecule has 0 spiro atoms. The van der Waals surface area contributed by atoms with Gasteiger partial charge in [0.1, 0.15) is 11.5 Å². The van der Waals surface area contributed by atoms with Crippen LogP contribution in [0, 0.1) is 21.3 Å². The first kappa shape index (κ1) is 15.9. The molecule has 0 radical (unpaired) electrons. The lowest BCUT2D eigenvalue weighted by Gasteiger charge is -2.39. The van der Waals surface area contributed by atoms with E-state index in [-0.39, 0.29) is 11.4 Å². The average molecular weight is 284 g/mol. The van der Waals surface area contributed by atoms with E-state index in [1.54, 1.807) is 13.8 Å². The molecule has 0 aliphatic rings. The quantitative estimate of drug-likeness (QED) is 0.640. The van der Waals surface area contributed by atoms with Crippen molar-refractivity contribution < 1.29 is 19.2 Å². The van der Waals surface area contributed by atoms with Crippen LogP contribution in [0.3, 0.4) is 0 Å². The molecular weight excluding hydrogens is 267 g/mol. The van der Waals surface area contributed by atoms with Gasteiger partial charge in [0.2, 0.25) is 0 Å². The van der Waals surface area contributed by atoms with Gasteiger partial charge in [0.15, 0.2) is 0 Å². The number of benzene rings is 1. The minimum absolute atomic E-state index is 0.0469. The molecule has 0 unspecified atom stereocenters. The van der Waals surface area contributed by atoms with E-state index in [9.17, 15) is 24.4 Å². The summed E-state index contributed by atoms with van der Waals surface area (Å²) in [5, 5.41) is 22.9. The number of nitro benzene ring substituents is 1. The molecule has 0 bridgehead atoms. The maximum atomic E-state index is 13.3. The number of halogens is 1. The van der Waals surface area contributed by atoms with Gasteiger partial charge in [-0.15, -0.1) is 0 Å². The maximum absolute atomic E-state index is 13.3. The Labute approximate surface area is 115 Å². The van der Waals surface area contributed by atoms with Gasteiger partial charge in [-0.1, -0.05) is 0 Å². The lowest BCUT2D eigenvalue weighted by Crippen LogP contribution is -2.50. The minimum Gasteiger partial charge on any atom is -0.481 e. The number of rotatable bonds is 5. The highest BCUT2D eigenvalue weighted by Crippen LogP contribution is 2.36. The van der Waals surface area contributed by atoms with E-state index in [1.165, 1.54) is 13.8 Å². The monoisotopic (exact) mass is 284 g/mol. The van der Waals surface area contributed by atoms with Crippen LogP contribution in [0.5, 0.6) is 0 Å². The average Bonchev–Trinajstić information content (AvgIpc) is 2.27. The van der Waals surface area contributed by atoms with E-state index >= 15 is 0 Å². The van der Waals surface area contributed by atoms with E-state index in [1.807, 2.05) is 0 Å². The van der Waals surface area contributed by atoms with Gasteiger partial charge in [-0.05, 0) is 33.8 Å². The van der Waals surface area contributed by atoms with E-state index < -0.39 is 27.7 Å². The number of hydrogen-bond acceptors (Lipinski definition) is 4. The summed E-state index contributed by atoms with van der Waals surface area (Å²) in [6.07, 6.45) is 0. The van der Waals surface area contributed by atoms with Crippen LogP contribution in [-0.4, -0.2) is 21.5 Å². The van der Waals surface area contributed by atoms with Gasteiger partial charge in [-0.3, -0.25) is 14.9 Å². The van der Waals surface area contributed by atoms with Crippen molar-refractivity contribution in [2.75, 3.05) is 5.32 Å². The summed E-state index contributed by atoms with van der Waals surface area (Å²) in [5.74, 6) is -1.70. The third kappa shape index (κ3) is 2.87. The van der Waals surface area contributed by atoms with Gasteiger partial charge >= 0.3 is 5.97 Å². The number of carboxylic acid groups (broad SMARTS) is 1. The first-order valence-corrected chi connectivity index (χ1v) is 5.94. The molecule has 7 heteroatoms. The van der Waals surface area contributed by atoms with Gasteiger partial charge in [0.25, 0.3) is 5.69 Å². The standard InChI is InChI=1S/C13H17FN2O4/c1-12(2,11(17)18)13(3,4)15-9-7-8(14)5-6-10(9)16(19)20/h5-7,15H,1-4H3,(H,17,18). The second-order valence-electron chi connectivity index (χ2n) is 5.60. The third-order valence-electron chi connectivity index (χ3n) is 3.70. The van der Waals surface area contributed by atoms with Crippen LogP contribution in [-0.2, 0) is 4.79 Å². The summed E-state index contributed by atoms with van der Waals surface area (Å²) in [7, 11) is 0. The van der Waals surface area contributed by atoms with Crippen molar-refractivity contribution in [2.24, 2.45) is 5.41 Å². The molecule has 0 saturated carbocycles. The number of nitro groups is 1. The highest BCUT2D eigenvalue weighted by molar-refractivity contribution is 5.77. The highest BCUT2D eigenvalue weighted by Gasteiger charge is 2.44. The molecule has 0 aromatic heterocycles. The number of aliphatic carboxylic acids is 1. The first-order valence-electron chi connectivity index (χ1n) is 5.94. The molecular formula is C13H17FN2O4. The largest absolute Gasteiger partial charge is 0.481 e. The molecule has 0 fully saturated rings. The number of hydrogen-bond donors (Lipinski definition) is 2.